The predicted octanol–water partition coefficient (Wildman–Crippen LogP) is 5.00. The molecule has 4 fully saturated rings. The normalized spacial score (nSPS) is 26.6. The van der Waals surface area contributed by atoms with Crippen molar-refractivity contribution in [3.8, 4) is 11.8 Å². The van der Waals surface area contributed by atoms with Crippen LogP contribution < -0.4 is 21.1 Å². The molecule has 0 radical (unpaired) electrons. The largest absolute Gasteiger partial charge is 0.573 e. The smallest absolute Gasteiger partial charge is 0.405 e. The Bertz CT molecular complexity index is 1310. The van der Waals surface area contributed by atoms with Crippen molar-refractivity contribution in [2.24, 2.45) is 34.8 Å². The van der Waals surface area contributed by atoms with Crippen molar-refractivity contribution in [3.05, 3.63) is 41.6 Å². The number of hydrogen-bond acceptors (Lipinski definition) is 8. The Hall–Kier alpha value is -3.88. The highest BCUT2D eigenvalue weighted by molar-refractivity contribution is 5.88. The molecule has 4 saturated carbocycles. The third-order valence-electron chi connectivity index (χ3n) is 8.62. The SMILES string of the molecule is N#Cc1cnc(NCc2ccccc2OC(F)(F)F)nc1NCC12CC3C[C@H](C1)C(C(=N)CCC(N)=O)[C@@H](C3)C2. The molecule has 6 rings (SSSR count). The number of anilines is 2. The van der Waals surface area contributed by atoms with Crippen molar-refractivity contribution in [1.82, 2.24) is 9.97 Å². The van der Waals surface area contributed by atoms with E-state index in [-0.39, 0.29) is 53.0 Å². The number of carbonyl (C=O) groups is 1. The van der Waals surface area contributed by atoms with E-state index in [2.05, 4.69) is 31.4 Å². The second-order valence-electron chi connectivity index (χ2n) is 11.4. The number of aromatic nitrogens is 2. The first-order valence-corrected chi connectivity index (χ1v) is 13.5. The maximum atomic E-state index is 12.8. The number of halogens is 3. The summed E-state index contributed by atoms with van der Waals surface area (Å²) in [6.45, 7) is 0.626. The van der Waals surface area contributed by atoms with Gasteiger partial charge in [-0.05, 0) is 67.8 Å². The van der Waals surface area contributed by atoms with Crippen LogP contribution in [0.25, 0.3) is 0 Å². The number of hydrogen-bond donors (Lipinski definition) is 4. The van der Waals surface area contributed by atoms with E-state index in [1.807, 2.05) is 0 Å². The number of primary amides is 1. The summed E-state index contributed by atoms with van der Waals surface area (Å²) < 4.78 is 42.4. The molecule has 3 unspecified atom stereocenters. The maximum Gasteiger partial charge on any atom is 0.573 e. The van der Waals surface area contributed by atoms with Crippen LogP contribution in [0.4, 0.5) is 24.9 Å². The summed E-state index contributed by atoms with van der Waals surface area (Å²) in [6.07, 6.45) is 2.48. The molecule has 9 nitrogen and oxygen atoms in total. The molecular formula is C28H32F3N7O2. The lowest BCUT2D eigenvalue weighted by atomic mass is 9.45. The van der Waals surface area contributed by atoms with Crippen molar-refractivity contribution in [2.45, 2.75) is 57.9 Å². The van der Waals surface area contributed by atoms with Gasteiger partial charge in [-0.3, -0.25) is 4.79 Å². The molecule has 1 aromatic heterocycles. The first kappa shape index (κ1) is 27.7. The number of benzene rings is 1. The predicted molar refractivity (Wildman–Crippen MR) is 141 cm³/mol. The van der Waals surface area contributed by atoms with Crippen LogP contribution in [0.3, 0.4) is 0 Å². The van der Waals surface area contributed by atoms with E-state index in [0.717, 1.165) is 32.1 Å². The summed E-state index contributed by atoms with van der Waals surface area (Å²) in [5.41, 5.74) is 6.57. The molecule has 5 N–H and O–H groups in total. The fraction of sp³-hybridized carbons (Fsp3) is 0.536. The number of nitrogens with one attached hydrogen (secondary N) is 3. The van der Waals surface area contributed by atoms with Gasteiger partial charge in [0.05, 0.1) is 6.20 Å². The van der Waals surface area contributed by atoms with E-state index in [1.54, 1.807) is 6.07 Å². The third kappa shape index (κ3) is 6.13. The number of carbonyl (C=O) groups excluding carboxylic acids is 1. The number of rotatable bonds is 11. The van der Waals surface area contributed by atoms with Gasteiger partial charge in [-0.15, -0.1) is 13.2 Å². The van der Waals surface area contributed by atoms with Crippen LogP contribution in [0.5, 0.6) is 5.75 Å². The van der Waals surface area contributed by atoms with E-state index in [0.29, 0.717) is 42.2 Å². The first-order chi connectivity index (χ1) is 19.0. The molecule has 2 aromatic rings. The first-order valence-electron chi connectivity index (χ1n) is 13.5. The van der Waals surface area contributed by atoms with Gasteiger partial charge in [0.25, 0.3) is 0 Å². The minimum atomic E-state index is -4.81. The third-order valence-corrected chi connectivity index (χ3v) is 8.62. The van der Waals surface area contributed by atoms with Gasteiger partial charge in [0.15, 0.2) is 0 Å². The topological polar surface area (TPSA) is 150 Å². The highest BCUT2D eigenvalue weighted by Crippen LogP contribution is 2.62. The van der Waals surface area contributed by atoms with Crippen LogP contribution in [0, 0.1) is 45.8 Å². The number of nitrogens with two attached hydrogens (primary N) is 1. The zero-order valence-corrected chi connectivity index (χ0v) is 21.9. The number of amides is 1. The second-order valence-corrected chi connectivity index (χ2v) is 11.4. The van der Waals surface area contributed by atoms with Crippen LogP contribution in [0.15, 0.2) is 30.5 Å². The molecule has 4 bridgehead atoms. The van der Waals surface area contributed by atoms with Crippen LogP contribution in [0.2, 0.25) is 0 Å². The summed E-state index contributed by atoms with van der Waals surface area (Å²) in [5, 5.41) is 24.6. The van der Waals surface area contributed by atoms with Gasteiger partial charge < -0.3 is 26.5 Å². The average Bonchev–Trinajstić information content (AvgIpc) is 2.89. The molecule has 4 aliphatic carbocycles. The van der Waals surface area contributed by atoms with Crippen LogP contribution in [-0.2, 0) is 11.3 Å². The fourth-order valence-electron chi connectivity index (χ4n) is 7.41. The van der Waals surface area contributed by atoms with E-state index in [4.69, 9.17) is 11.1 Å². The Morgan fingerprint density at radius 2 is 1.90 bits per heavy atom. The molecule has 5 atom stereocenters. The van der Waals surface area contributed by atoms with Crippen molar-refractivity contribution in [1.29, 1.82) is 10.7 Å². The summed E-state index contributed by atoms with van der Waals surface area (Å²) in [7, 11) is 0. The van der Waals surface area contributed by atoms with Gasteiger partial charge in [-0.2, -0.15) is 10.2 Å². The summed E-state index contributed by atoms with van der Waals surface area (Å²) in [6, 6.07) is 7.94. The standard InChI is InChI=1S/C28H32F3N7O2/c29-28(30,31)40-22-4-2-1-3-17(22)13-35-26-36-14-20(12-32)25(38-26)37-15-27-9-16-7-18(10-27)24(19(8-16)11-27)21(33)5-6-23(34)39/h1-4,14,16,18-19,24,33H,5-11,13,15H2,(H2,34,39)(H2,35,36,37,38)/t16?,18-,19+,24?,27?. The van der Waals surface area contributed by atoms with Crippen LogP contribution in [-0.4, -0.2) is 34.5 Å². The quantitative estimate of drug-likeness (QED) is 0.285. The maximum absolute atomic E-state index is 12.8. The molecule has 1 heterocycles. The van der Waals surface area contributed by atoms with Gasteiger partial charge in [0.2, 0.25) is 11.9 Å². The Balaban J connectivity index is 1.25. The lowest BCUT2D eigenvalue weighted by Gasteiger charge is -2.60. The number of alkyl halides is 3. The van der Waals surface area contributed by atoms with Gasteiger partial charge in [-0.1, -0.05) is 18.2 Å². The van der Waals surface area contributed by atoms with E-state index in [9.17, 15) is 23.2 Å². The number of para-hydroxylation sites is 1. The summed E-state index contributed by atoms with van der Waals surface area (Å²) in [4.78, 5) is 19.9. The minimum absolute atomic E-state index is 0.00430. The van der Waals surface area contributed by atoms with Crippen molar-refractivity contribution in [2.75, 3.05) is 17.2 Å². The zero-order valence-electron chi connectivity index (χ0n) is 21.9. The number of nitrogens with zero attached hydrogens (tertiary/aromatic N) is 3. The minimum Gasteiger partial charge on any atom is -0.405 e. The van der Waals surface area contributed by atoms with Gasteiger partial charge in [0.1, 0.15) is 23.2 Å². The molecule has 0 aliphatic heterocycles. The molecule has 212 valence electrons. The number of nitriles is 1. The summed E-state index contributed by atoms with van der Waals surface area (Å²) in [5.74, 6) is 1.50. The average molecular weight is 556 g/mol. The molecule has 4 aliphatic rings. The molecule has 1 aromatic carbocycles. The monoisotopic (exact) mass is 555 g/mol. The Morgan fingerprint density at radius 3 is 2.58 bits per heavy atom. The van der Waals surface area contributed by atoms with E-state index in [1.165, 1.54) is 24.4 Å². The summed E-state index contributed by atoms with van der Waals surface area (Å²) >= 11 is 0. The van der Waals surface area contributed by atoms with Crippen molar-refractivity contribution in [3.63, 3.8) is 0 Å². The van der Waals surface area contributed by atoms with E-state index < -0.39 is 6.36 Å². The molecule has 12 heteroatoms. The van der Waals surface area contributed by atoms with Crippen LogP contribution in [0.1, 0.15) is 56.1 Å². The lowest BCUT2D eigenvalue weighted by molar-refractivity contribution is -0.274. The molecule has 1 amide bonds. The van der Waals surface area contributed by atoms with Gasteiger partial charge in [0, 0.05) is 36.7 Å². The van der Waals surface area contributed by atoms with Crippen molar-refractivity contribution >= 4 is 23.4 Å². The Morgan fingerprint density at radius 1 is 1.18 bits per heavy atom. The highest BCUT2D eigenvalue weighted by atomic mass is 19.4. The van der Waals surface area contributed by atoms with Crippen LogP contribution >= 0.6 is 0 Å². The lowest BCUT2D eigenvalue weighted by Crippen LogP contribution is -2.55. The number of ether oxygens (including phenoxy) is 1. The Kier molecular flexibility index (Phi) is 7.57. The Labute approximate surface area is 230 Å². The van der Waals surface area contributed by atoms with Gasteiger partial charge in [-0.25, -0.2) is 4.98 Å². The molecule has 0 saturated heterocycles. The molecule has 40 heavy (non-hydrogen) atoms. The second kappa shape index (κ2) is 10.9. The van der Waals surface area contributed by atoms with Crippen molar-refractivity contribution < 1.29 is 22.7 Å². The highest BCUT2D eigenvalue weighted by Gasteiger charge is 2.55. The van der Waals surface area contributed by atoms with Gasteiger partial charge >= 0.3 is 6.36 Å². The van der Waals surface area contributed by atoms with E-state index >= 15 is 0 Å². The fourth-order valence-corrected chi connectivity index (χ4v) is 7.41. The zero-order chi connectivity index (χ0) is 28.5. The molecular weight excluding hydrogens is 523 g/mol. The molecule has 0 spiro atoms.